The van der Waals surface area contributed by atoms with Crippen molar-refractivity contribution in [1.82, 2.24) is 5.32 Å². The number of fused-ring (bicyclic) bond motifs is 1. The number of amides is 1. The minimum Gasteiger partial charge on any atom is -0.444 e. The fourth-order valence-corrected chi connectivity index (χ4v) is 2.58. The van der Waals surface area contributed by atoms with E-state index in [2.05, 4.69) is 5.32 Å². The number of ether oxygens (including phenoxy) is 1. The summed E-state index contributed by atoms with van der Waals surface area (Å²) < 4.78 is 10.8. The van der Waals surface area contributed by atoms with Gasteiger partial charge in [-0.2, -0.15) is 0 Å². The van der Waals surface area contributed by atoms with Gasteiger partial charge >= 0.3 is 6.09 Å². The zero-order valence-electron chi connectivity index (χ0n) is 13.0. The van der Waals surface area contributed by atoms with E-state index in [1.54, 1.807) is 0 Å². The van der Waals surface area contributed by atoms with Crippen LogP contribution in [0.4, 0.5) is 4.79 Å². The van der Waals surface area contributed by atoms with Crippen LogP contribution >= 0.6 is 11.6 Å². The van der Waals surface area contributed by atoms with Gasteiger partial charge in [0, 0.05) is 30.0 Å². The third-order valence-corrected chi connectivity index (χ3v) is 3.45. The molecule has 2 rings (SSSR count). The van der Waals surface area contributed by atoms with Crippen molar-refractivity contribution in [1.29, 1.82) is 0 Å². The van der Waals surface area contributed by atoms with Crippen molar-refractivity contribution in [2.24, 2.45) is 5.73 Å². The highest BCUT2D eigenvalue weighted by Gasteiger charge is 2.22. The number of rotatable bonds is 4. The lowest BCUT2D eigenvalue weighted by atomic mass is 9.98. The van der Waals surface area contributed by atoms with Crippen LogP contribution in [0, 0.1) is 0 Å². The molecule has 1 heterocycles. The standard InChI is InChI=1S/C16H21ClN2O3/c1-16(2,3)22-15(20)19-9-10(8-18)13-11-6-4-5-7-12(11)21-14(13)17/h4-7,10H,8-9,18H2,1-3H3,(H,19,20). The Morgan fingerprint density at radius 1 is 1.41 bits per heavy atom. The highest BCUT2D eigenvalue weighted by atomic mass is 35.5. The molecule has 0 aliphatic carbocycles. The highest BCUT2D eigenvalue weighted by molar-refractivity contribution is 6.31. The summed E-state index contributed by atoms with van der Waals surface area (Å²) in [7, 11) is 0. The monoisotopic (exact) mass is 324 g/mol. The quantitative estimate of drug-likeness (QED) is 0.899. The Morgan fingerprint density at radius 2 is 2.09 bits per heavy atom. The van der Waals surface area contributed by atoms with Crippen molar-refractivity contribution in [2.75, 3.05) is 13.1 Å². The van der Waals surface area contributed by atoms with E-state index >= 15 is 0 Å². The fourth-order valence-electron chi connectivity index (χ4n) is 2.24. The molecule has 0 aliphatic heterocycles. The molecule has 120 valence electrons. The largest absolute Gasteiger partial charge is 0.444 e. The molecular formula is C16H21ClN2O3. The number of nitrogens with two attached hydrogens (primary N) is 1. The molecule has 1 amide bonds. The van der Waals surface area contributed by atoms with Crippen LogP contribution in [0.1, 0.15) is 32.3 Å². The lowest BCUT2D eigenvalue weighted by Gasteiger charge is -2.21. The maximum atomic E-state index is 11.8. The van der Waals surface area contributed by atoms with Gasteiger partial charge in [-0.3, -0.25) is 0 Å². The number of carbonyl (C=O) groups is 1. The normalized spacial score (nSPS) is 13.1. The lowest BCUT2D eigenvalue weighted by molar-refractivity contribution is 0.0525. The summed E-state index contributed by atoms with van der Waals surface area (Å²) in [6, 6.07) is 7.56. The summed E-state index contributed by atoms with van der Waals surface area (Å²) in [5, 5.41) is 3.95. The number of hydrogen-bond acceptors (Lipinski definition) is 4. The molecule has 0 bridgehead atoms. The Labute approximate surface area is 134 Å². The summed E-state index contributed by atoms with van der Waals surface area (Å²) >= 11 is 6.20. The first-order valence-corrected chi connectivity index (χ1v) is 7.53. The molecule has 1 atom stereocenters. The highest BCUT2D eigenvalue weighted by Crippen LogP contribution is 2.34. The molecule has 0 fully saturated rings. The van der Waals surface area contributed by atoms with Crippen LogP contribution in [0.3, 0.4) is 0 Å². The molecule has 2 aromatic rings. The van der Waals surface area contributed by atoms with Crippen molar-refractivity contribution in [3.8, 4) is 0 Å². The van der Waals surface area contributed by atoms with Crippen molar-refractivity contribution in [2.45, 2.75) is 32.3 Å². The molecule has 0 radical (unpaired) electrons. The molecule has 0 saturated carbocycles. The van der Waals surface area contributed by atoms with Crippen molar-refractivity contribution < 1.29 is 13.9 Å². The van der Waals surface area contributed by atoms with Crippen LogP contribution in [-0.2, 0) is 4.74 Å². The first-order valence-electron chi connectivity index (χ1n) is 7.15. The van der Waals surface area contributed by atoms with E-state index in [-0.39, 0.29) is 5.92 Å². The second kappa shape index (κ2) is 6.58. The Balaban J connectivity index is 2.14. The third kappa shape index (κ3) is 3.93. The van der Waals surface area contributed by atoms with Gasteiger partial charge in [-0.1, -0.05) is 18.2 Å². The number of halogens is 1. The summed E-state index contributed by atoms with van der Waals surface area (Å²) in [4.78, 5) is 11.8. The molecule has 5 nitrogen and oxygen atoms in total. The summed E-state index contributed by atoms with van der Waals surface area (Å²) in [5.74, 6) is -0.149. The Bertz CT molecular complexity index is 661. The van der Waals surface area contributed by atoms with Crippen molar-refractivity contribution >= 4 is 28.7 Å². The zero-order valence-corrected chi connectivity index (χ0v) is 13.7. The van der Waals surface area contributed by atoms with Gasteiger partial charge in [-0.05, 0) is 38.4 Å². The second-order valence-corrected chi connectivity index (χ2v) is 6.44. The molecule has 1 unspecified atom stereocenters. The number of furan rings is 1. The van der Waals surface area contributed by atoms with Gasteiger partial charge in [0.1, 0.15) is 11.2 Å². The summed E-state index contributed by atoms with van der Waals surface area (Å²) in [6.45, 7) is 6.10. The van der Waals surface area contributed by atoms with Crippen LogP contribution < -0.4 is 11.1 Å². The van der Waals surface area contributed by atoms with Gasteiger partial charge in [0.15, 0.2) is 5.22 Å². The molecule has 0 saturated heterocycles. The van der Waals surface area contributed by atoms with Gasteiger partial charge in [-0.25, -0.2) is 4.79 Å². The van der Waals surface area contributed by atoms with Gasteiger partial charge in [0.25, 0.3) is 0 Å². The number of alkyl carbamates (subject to hydrolysis) is 1. The minimum absolute atomic E-state index is 0.149. The van der Waals surface area contributed by atoms with Crippen molar-refractivity contribution in [3.05, 3.63) is 35.0 Å². The summed E-state index contributed by atoms with van der Waals surface area (Å²) in [6.07, 6.45) is -0.477. The molecule has 6 heteroatoms. The molecule has 1 aromatic carbocycles. The van der Waals surface area contributed by atoms with E-state index in [4.69, 9.17) is 26.5 Å². The average Bonchev–Trinajstić information content (AvgIpc) is 2.74. The third-order valence-electron chi connectivity index (χ3n) is 3.17. The van der Waals surface area contributed by atoms with E-state index in [0.29, 0.717) is 23.9 Å². The Morgan fingerprint density at radius 3 is 2.73 bits per heavy atom. The van der Waals surface area contributed by atoms with Crippen LogP contribution in [0.25, 0.3) is 11.0 Å². The first-order chi connectivity index (χ1) is 10.3. The molecule has 0 aliphatic rings. The van der Waals surface area contributed by atoms with Crippen molar-refractivity contribution in [3.63, 3.8) is 0 Å². The molecule has 22 heavy (non-hydrogen) atoms. The Hall–Kier alpha value is -1.72. The zero-order chi connectivity index (χ0) is 16.3. The number of para-hydroxylation sites is 1. The second-order valence-electron chi connectivity index (χ2n) is 6.10. The molecule has 0 spiro atoms. The van der Waals surface area contributed by atoms with Crippen LogP contribution in [0.5, 0.6) is 0 Å². The number of benzene rings is 1. The van der Waals surface area contributed by atoms with Crippen LogP contribution in [0.2, 0.25) is 5.22 Å². The topological polar surface area (TPSA) is 77.5 Å². The number of nitrogens with one attached hydrogen (secondary N) is 1. The maximum Gasteiger partial charge on any atom is 0.407 e. The van der Waals surface area contributed by atoms with E-state index in [1.807, 2.05) is 45.0 Å². The number of carbonyl (C=O) groups excluding carboxylic acids is 1. The predicted octanol–water partition coefficient (Wildman–Crippen LogP) is 3.65. The molecule has 1 aromatic heterocycles. The van der Waals surface area contributed by atoms with Crippen LogP contribution in [-0.4, -0.2) is 24.8 Å². The van der Waals surface area contributed by atoms with E-state index in [9.17, 15) is 4.79 Å². The number of hydrogen-bond donors (Lipinski definition) is 2. The molecule has 3 N–H and O–H groups in total. The van der Waals surface area contributed by atoms with Gasteiger partial charge in [-0.15, -0.1) is 0 Å². The van der Waals surface area contributed by atoms with E-state index in [1.165, 1.54) is 0 Å². The fraction of sp³-hybridized carbons (Fsp3) is 0.438. The Kier molecular flexibility index (Phi) is 4.98. The average molecular weight is 325 g/mol. The maximum absolute atomic E-state index is 11.8. The molecular weight excluding hydrogens is 304 g/mol. The van der Waals surface area contributed by atoms with E-state index in [0.717, 1.165) is 10.9 Å². The summed E-state index contributed by atoms with van der Waals surface area (Å²) in [5.41, 5.74) is 6.83. The predicted molar refractivity (Wildman–Crippen MR) is 87.3 cm³/mol. The van der Waals surface area contributed by atoms with Crippen LogP contribution in [0.15, 0.2) is 28.7 Å². The minimum atomic E-state index is -0.539. The van der Waals surface area contributed by atoms with Gasteiger partial charge in [0.2, 0.25) is 0 Å². The van der Waals surface area contributed by atoms with Gasteiger partial charge < -0.3 is 20.2 Å². The lowest BCUT2D eigenvalue weighted by Crippen LogP contribution is -2.36. The van der Waals surface area contributed by atoms with Gasteiger partial charge in [0.05, 0.1) is 0 Å². The first kappa shape index (κ1) is 16.6. The van der Waals surface area contributed by atoms with E-state index < -0.39 is 11.7 Å². The SMILES string of the molecule is CC(C)(C)OC(=O)NCC(CN)c1c(Cl)oc2ccccc12. The smallest absolute Gasteiger partial charge is 0.407 e.